The van der Waals surface area contributed by atoms with Crippen LogP contribution in [-0.4, -0.2) is 66.5 Å². The zero-order chi connectivity index (χ0) is 23.6. The number of aliphatic hydroxyl groups is 5. The summed E-state index contributed by atoms with van der Waals surface area (Å²) in [5.41, 5.74) is 1.65. The van der Waals surface area contributed by atoms with Gasteiger partial charge >= 0.3 is 0 Å². The van der Waals surface area contributed by atoms with Crippen molar-refractivity contribution in [1.29, 1.82) is 0 Å². The summed E-state index contributed by atoms with van der Waals surface area (Å²) in [5, 5.41) is 51.4. The van der Waals surface area contributed by atoms with Crippen LogP contribution in [0.25, 0.3) is 0 Å². The Bertz CT molecular complexity index is 1080. The molecule has 1 aliphatic rings. The Hall–Kier alpha value is -2.63. The van der Waals surface area contributed by atoms with Crippen molar-refractivity contribution in [2.24, 2.45) is 0 Å². The molecular formula is C23H23ClN2O7. The van der Waals surface area contributed by atoms with Crippen LogP contribution in [0.15, 0.2) is 61.2 Å². The number of hydrogen-bond acceptors (Lipinski definition) is 9. The molecule has 0 unspecified atom stereocenters. The third-order valence-corrected chi connectivity index (χ3v) is 5.88. The van der Waals surface area contributed by atoms with Gasteiger partial charge in [-0.05, 0) is 41.8 Å². The molecular weight excluding hydrogens is 452 g/mol. The zero-order valence-corrected chi connectivity index (χ0v) is 18.1. The predicted molar refractivity (Wildman–Crippen MR) is 117 cm³/mol. The van der Waals surface area contributed by atoms with E-state index in [-0.39, 0.29) is 5.56 Å². The number of ether oxygens (including phenoxy) is 2. The first-order valence-corrected chi connectivity index (χ1v) is 10.6. The lowest BCUT2D eigenvalue weighted by molar-refractivity contribution is -0.357. The van der Waals surface area contributed by atoms with Crippen LogP contribution >= 0.6 is 11.6 Å². The molecule has 3 aromatic rings. The lowest BCUT2D eigenvalue weighted by Gasteiger charge is -2.45. The summed E-state index contributed by atoms with van der Waals surface area (Å²) in [6.07, 6.45) is -1.50. The molecule has 5 atom stereocenters. The largest absolute Gasteiger partial charge is 0.454 e. The number of rotatable bonds is 6. The number of halogens is 1. The summed E-state index contributed by atoms with van der Waals surface area (Å²) in [6, 6.07) is 11.8. The highest BCUT2D eigenvalue weighted by Gasteiger charge is 2.53. The van der Waals surface area contributed by atoms with Gasteiger partial charge in [-0.15, -0.1) is 0 Å². The molecule has 10 heteroatoms. The van der Waals surface area contributed by atoms with Crippen LogP contribution in [-0.2, 0) is 16.9 Å². The molecule has 1 aliphatic heterocycles. The fourth-order valence-corrected chi connectivity index (χ4v) is 3.88. The molecule has 5 N–H and O–H groups in total. The summed E-state index contributed by atoms with van der Waals surface area (Å²) < 4.78 is 11.1. The van der Waals surface area contributed by atoms with Crippen molar-refractivity contribution in [3.05, 3.63) is 82.9 Å². The van der Waals surface area contributed by atoms with Crippen LogP contribution in [0.3, 0.4) is 0 Å². The molecule has 174 valence electrons. The molecule has 4 rings (SSSR count). The van der Waals surface area contributed by atoms with E-state index in [1.807, 2.05) is 12.1 Å². The number of hydrogen-bond donors (Lipinski definition) is 5. The second-order valence-corrected chi connectivity index (χ2v) is 8.17. The molecule has 0 aliphatic carbocycles. The van der Waals surface area contributed by atoms with Gasteiger partial charge in [0.15, 0.2) is 5.75 Å². The van der Waals surface area contributed by atoms with Crippen molar-refractivity contribution < 1.29 is 35.0 Å². The van der Waals surface area contributed by atoms with Crippen molar-refractivity contribution in [3.63, 3.8) is 0 Å². The van der Waals surface area contributed by atoms with Crippen LogP contribution in [0, 0.1) is 0 Å². The highest BCUT2D eigenvalue weighted by Crippen LogP contribution is 2.38. The Morgan fingerprint density at radius 3 is 2.33 bits per heavy atom. The predicted octanol–water partition coefficient (Wildman–Crippen LogP) is 1.13. The lowest BCUT2D eigenvalue weighted by atomic mass is 9.87. The Balaban J connectivity index is 1.55. The minimum Gasteiger partial charge on any atom is -0.454 e. The average Bonchev–Trinajstić information content (AvgIpc) is 2.83. The molecule has 1 aromatic heterocycles. The van der Waals surface area contributed by atoms with Gasteiger partial charge in [-0.3, -0.25) is 0 Å². The second kappa shape index (κ2) is 9.70. The van der Waals surface area contributed by atoms with Gasteiger partial charge in [0.25, 0.3) is 0 Å². The quantitative estimate of drug-likeness (QED) is 0.355. The molecule has 9 nitrogen and oxygen atoms in total. The van der Waals surface area contributed by atoms with Crippen molar-refractivity contribution in [2.75, 3.05) is 6.61 Å². The third-order valence-electron chi connectivity index (χ3n) is 5.52. The van der Waals surface area contributed by atoms with Crippen molar-refractivity contribution in [1.82, 2.24) is 9.97 Å². The highest BCUT2D eigenvalue weighted by atomic mass is 35.5. The fourth-order valence-electron chi connectivity index (χ4n) is 3.69. The van der Waals surface area contributed by atoms with E-state index in [9.17, 15) is 25.5 Å². The van der Waals surface area contributed by atoms with Crippen LogP contribution in [0.2, 0.25) is 5.02 Å². The van der Waals surface area contributed by atoms with E-state index in [1.54, 1.807) is 36.7 Å². The normalized spacial score (nSPS) is 27.3. The number of nitrogens with zero attached hydrogens (tertiary/aromatic N) is 2. The molecule has 0 amide bonds. The molecule has 1 fully saturated rings. The Morgan fingerprint density at radius 2 is 1.67 bits per heavy atom. The average molecular weight is 475 g/mol. The standard InChI is InChI=1S/C23H23ClN2O7/c24-18-6-3-15(23(31)22(30)21(29)20(28)19(11-27)33-23)8-14(18)7-13-1-4-16(5-2-13)32-17-9-25-12-26-10-17/h1-6,8-10,12,19-22,27-31H,7,11H2/t19-,20-,21+,22-,23-/m1/s1. The van der Waals surface area contributed by atoms with Gasteiger partial charge in [0.1, 0.15) is 36.5 Å². The molecule has 2 heterocycles. The Morgan fingerprint density at radius 1 is 0.970 bits per heavy atom. The van der Waals surface area contributed by atoms with Gasteiger partial charge in [0.05, 0.1) is 19.0 Å². The van der Waals surface area contributed by atoms with Crippen LogP contribution in [0.4, 0.5) is 0 Å². The van der Waals surface area contributed by atoms with Crippen LogP contribution in [0.5, 0.6) is 11.5 Å². The maximum Gasteiger partial charge on any atom is 0.222 e. The molecule has 2 aromatic carbocycles. The van der Waals surface area contributed by atoms with Crippen LogP contribution < -0.4 is 4.74 Å². The maximum atomic E-state index is 11.0. The Labute approximate surface area is 194 Å². The highest BCUT2D eigenvalue weighted by molar-refractivity contribution is 6.31. The first-order valence-electron chi connectivity index (χ1n) is 10.2. The molecule has 33 heavy (non-hydrogen) atoms. The first-order chi connectivity index (χ1) is 15.8. The zero-order valence-electron chi connectivity index (χ0n) is 17.3. The summed E-state index contributed by atoms with van der Waals surface area (Å²) in [5.74, 6) is -1.24. The van der Waals surface area contributed by atoms with E-state index in [4.69, 9.17) is 21.1 Å². The van der Waals surface area contributed by atoms with Gasteiger partial charge in [-0.2, -0.15) is 0 Å². The molecule has 0 radical (unpaired) electrons. The fraction of sp³-hybridized carbons (Fsp3) is 0.304. The molecule has 0 saturated carbocycles. The lowest BCUT2D eigenvalue weighted by Crippen LogP contribution is -2.63. The van der Waals surface area contributed by atoms with Crippen LogP contribution in [0.1, 0.15) is 16.7 Å². The summed E-state index contributed by atoms with van der Waals surface area (Å²) >= 11 is 6.36. The van der Waals surface area contributed by atoms with E-state index in [0.717, 1.165) is 5.56 Å². The van der Waals surface area contributed by atoms with E-state index < -0.39 is 36.8 Å². The van der Waals surface area contributed by atoms with Crippen molar-refractivity contribution >= 4 is 11.6 Å². The SMILES string of the molecule is OC[C@H]1O[C@](O)(c2ccc(Cl)c(Cc3ccc(Oc4cncnc4)cc3)c2)[C@H](O)[C@@H](O)[C@@H]1O. The monoisotopic (exact) mass is 474 g/mol. The van der Waals surface area contributed by atoms with Gasteiger partial charge < -0.3 is 35.0 Å². The topological polar surface area (TPSA) is 145 Å². The number of aromatic nitrogens is 2. The summed E-state index contributed by atoms with van der Waals surface area (Å²) in [7, 11) is 0. The first kappa shape index (κ1) is 23.5. The van der Waals surface area contributed by atoms with Crippen molar-refractivity contribution in [2.45, 2.75) is 36.6 Å². The molecule has 0 bridgehead atoms. The summed E-state index contributed by atoms with van der Waals surface area (Å²) in [6.45, 7) is -0.656. The minimum absolute atomic E-state index is 0.128. The van der Waals surface area contributed by atoms with E-state index in [0.29, 0.717) is 28.5 Å². The minimum atomic E-state index is -2.35. The third kappa shape index (κ3) is 4.85. The van der Waals surface area contributed by atoms with E-state index in [2.05, 4.69) is 9.97 Å². The number of benzene rings is 2. The molecule has 1 saturated heterocycles. The second-order valence-electron chi connectivity index (χ2n) is 7.76. The summed E-state index contributed by atoms with van der Waals surface area (Å²) in [4.78, 5) is 7.80. The van der Waals surface area contributed by atoms with Gasteiger partial charge in [0.2, 0.25) is 5.79 Å². The van der Waals surface area contributed by atoms with Crippen molar-refractivity contribution in [3.8, 4) is 11.5 Å². The van der Waals surface area contributed by atoms with E-state index >= 15 is 0 Å². The van der Waals surface area contributed by atoms with Gasteiger partial charge in [-0.1, -0.05) is 29.8 Å². The number of aliphatic hydroxyl groups excluding tert-OH is 4. The van der Waals surface area contributed by atoms with E-state index in [1.165, 1.54) is 12.4 Å². The van der Waals surface area contributed by atoms with Gasteiger partial charge in [-0.25, -0.2) is 9.97 Å². The molecule has 0 spiro atoms. The maximum absolute atomic E-state index is 11.0. The smallest absolute Gasteiger partial charge is 0.222 e. The Kier molecular flexibility index (Phi) is 6.91. The van der Waals surface area contributed by atoms with Gasteiger partial charge in [0, 0.05) is 10.6 Å².